The minimum Gasteiger partial charge on any atom is -0.480 e. The van der Waals surface area contributed by atoms with E-state index >= 15 is 4.79 Å². The molecule has 7 rings (SSSR count). The van der Waals surface area contributed by atoms with Crippen molar-refractivity contribution in [2.45, 2.75) is 197 Å². The molecular weight excluding hydrogens is 1550 g/mol. The van der Waals surface area contributed by atoms with Crippen molar-refractivity contribution in [3.8, 4) is 0 Å². The van der Waals surface area contributed by atoms with Gasteiger partial charge in [0, 0.05) is 111 Å². The van der Waals surface area contributed by atoms with Crippen molar-refractivity contribution in [2.24, 2.45) is 47.2 Å². The fraction of sp³-hybridized carbons (Fsp3) is 0.575. The lowest BCUT2D eigenvalue weighted by atomic mass is 9.83. The maximum atomic E-state index is 15.0. The van der Waals surface area contributed by atoms with E-state index in [-0.39, 0.29) is 110 Å². The van der Waals surface area contributed by atoms with Crippen molar-refractivity contribution in [3.05, 3.63) is 112 Å². The van der Waals surface area contributed by atoms with Crippen LogP contribution in [0.15, 0.2) is 84.4 Å². The molecule has 4 aromatic rings. The number of carbonyl (C=O) groups is 13. The van der Waals surface area contributed by atoms with Gasteiger partial charge in [0.15, 0.2) is 17.3 Å². The Morgan fingerprint density at radius 1 is 0.690 bits per heavy atom. The van der Waals surface area contributed by atoms with E-state index in [9.17, 15) is 67.7 Å². The number of ether oxygens (including phenoxy) is 3. The summed E-state index contributed by atoms with van der Waals surface area (Å²) in [4.78, 5) is 188. The summed E-state index contributed by atoms with van der Waals surface area (Å²) >= 11 is 5.99. The van der Waals surface area contributed by atoms with Gasteiger partial charge >= 0.3 is 24.1 Å². The number of rotatable bonds is 43. The quantitative estimate of drug-likeness (QED) is 0.0191. The van der Waals surface area contributed by atoms with E-state index in [1.54, 1.807) is 82.1 Å². The average molecular weight is 1660 g/mol. The number of aliphatic carboxylic acids is 2. The summed E-state index contributed by atoms with van der Waals surface area (Å²) in [6, 6.07) is 16.0. The topological polar surface area (TPSA) is 399 Å². The molecule has 618 valence electrons. The number of benzene rings is 3. The highest BCUT2D eigenvalue weighted by Gasteiger charge is 2.46. The third-order valence-electron chi connectivity index (χ3n) is 21.1. The molecule has 3 fully saturated rings. The molecule has 113 heavy (non-hydrogen) atoms. The lowest BCUT2D eigenvalue weighted by Crippen LogP contribution is -2.54. The molecule has 9 amide bonds. The fourth-order valence-corrected chi connectivity index (χ4v) is 21.4. The molecule has 3 saturated heterocycles. The van der Waals surface area contributed by atoms with Gasteiger partial charge in [0.05, 0.1) is 60.0 Å². The van der Waals surface area contributed by atoms with Crippen LogP contribution in [-0.2, 0) is 81.6 Å². The van der Waals surface area contributed by atoms with Crippen LogP contribution >= 0.6 is 58.4 Å². The summed E-state index contributed by atoms with van der Waals surface area (Å²) in [6.07, 6.45) is 1.26. The van der Waals surface area contributed by atoms with Crippen LogP contribution in [0.25, 0.3) is 0 Å². The average Bonchev–Trinajstić information content (AvgIpc) is 1.78. The smallest absolute Gasteiger partial charge is 0.410 e. The first-order valence-electron chi connectivity index (χ1n) is 38.1. The van der Waals surface area contributed by atoms with Crippen LogP contribution < -0.4 is 32.3 Å². The van der Waals surface area contributed by atoms with Crippen LogP contribution in [0.4, 0.5) is 21.0 Å². The van der Waals surface area contributed by atoms with Crippen LogP contribution in [0, 0.1) is 41.4 Å². The van der Waals surface area contributed by atoms with Crippen molar-refractivity contribution in [3.63, 3.8) is 0 Å². The molecule has 0 spiro atoms. The number of carboxylic acids is 2. The van der Waals surface area contributed by atoms with E-state index < -0.39 is 140 Å². The number of anilines is 2. The molecule has 3 aromatic carbocycles. The number of hydrogen-bond donors (Lipinski definition) is 8. The molecule has 0 bridgehead atoms. The summed E-state index contributed by atoms with van der Waals surface area (Å²) < 4.78 is 18.0. The van der Waals surface area contributed by atoms with E-state index in [0.717, 1.165) is 45.9 Å². The van der Waals surface area contributed by atoms with Gasteiger partial charge in [-0.05, 0) is 103 Å². The third kappa shape index (κ3) is 25.7. The van der Waals surface area contributed by atoms with Crippen molar-refractivity contribution < 1.29 is 86.8 Å². The highest BCUT2D eigenvalue weighted by Crippen LogP contribution is 2.40. The van der Waals surface area contributed by atoms with Gasteiger partial charge in [-0.1, -0.05) is 111 Å². The van der Waals surface area contributed by atoms with Gasteiger partial charge in [-0.15, -0.1) is 58.4 Å². The number of thiazole rings is 1. The molecule has 0 aliphatic carbocycles. The third-order valence-corrected chi connectivity index (χ3v) is 27.9. The minimum atomic E-state index is -1.19. The Morgan fingerprint density at radius 3 is 1.94 bits per heavy atom. The monoisotopic (exact) mass is 1660 g/mol. The maximum absolute atomic E-state index is 15.0. The second-order valence-corrected chi connectivity index (χ2v) is 36.3. The number of amides is 9. The first kappa shape index (κ1) is 92.1. The number of methoxy groups -OCH3 is 2. The van der Waals surface area contributed by atoms with E-state index in [0.29, 0.717) is 53.6 Å². The van der Waals surface area contributed by atoms with Gasteiger partial charge in [0.25, 0.3) is 5.91 Å². The molecule has 9 N–H and O–H groups in total. The standard InChI is InChI=1S/C80H110N10O18S5/c1-14-46(8)65(61(106-12)39-62(94)90-30-19-23-57(90)66(107-13)47(9)71(95)86-56(75-82-29-31-109-75)34-48-20-16-15-17-21-48)88(10)76(99)55(43(2)3)38-59(92)64(45(6)7)89(11)80(105)108-40-49-24-26-53(27-25-49)84-72(96)51(22-18-28-83-79(81)104)37-58(91)63(44(4)5)87-73(97)52-32-50(35-60(93)67-69(77(100)101)112-41-110-67)33-54(36-52)85-74(98)68-70(78(102)103)113-42-111-68/h15-17,20-21,24-27,29,31-33,36,43-47,51,55-57,61,63-70H,14,18-19,22-23,28,30,34-35,37-42H2,1-13H3,(H,84,96)(H,85,98)(H,86,95)(H,87,97)(H,100,101)(H,102,103)(H3,81,83,104)/t46-,47+,51+,55-,56-,57-,61+,63-,64-,65-,66+,67?,68?,69?,70?/m0/s1. The Morgan fingerprint density at radius 2 is 1.35 bits per heavy atom. The summed E-state index contributed by atoms with van der Waals surface area (Å²) in [6.45, 7) is 16.7. The normalized spacial score (nSPS) is 19.5. The number of carboxylic acid groups (broad SMARTS) is 2. The summed E-state index contributed by atoms with van der Waals surface area (Å²) in [5.74, 6) is -10.4. The summed E-state index contributed by atoms with van der Waals surface area (Å²) in [7, 11) is 6.21. The SMILES string of the molecule is CC[C@H](C)[C@@H]([C@@H](CC(=O)N1CCC[C@H]1[C@H](OC)[C@@H](C)C(=O)N[C@@H](Cc1ccccc1)c1nccs1)OC)N(C)C(=O)[C@@H](CC(=O)[C@H](C(C)C)N(C)C(=O)OCc1ccc(NC(=O)[C@H](CCCNC(N)=O)CC(=O)[C@@H](NC(=O)c2cc(CC(=O)C3SCSC3C(=O)O)cc(NC(=O)C3SCSC3C(=O)O)c2)C(C)C)cc1)C(C)C. The van der Waals surface area contributed by atoms with E-state index in [4.69, 9.17) is 19.9 Å². The number of aromatic nitrogens is 1. The molecule has 3 aliphatic rings. The number of likely N-dealkylation sites (N-methyl/N-ethyl adjacent to an activating group) is 2. The number of carbonyl (C=O) groups excluding carboxylic acids is 11. The summed E-state index contributed by atoms with van der Waals surface area (Å²) in [5.41, 5.74) is 7.40. The fourth-order valence-electron chi connectivity index (χ4n) is 14.8. The first-order chi connectivity index (χ1) is 53.7. The number of nitrogens with one attached hydrogen (secondary N) is 5. The van der Waals surface area contributed by atoms with Crippen LogP contribution in [-0.4, -0.2) is 216 Å². The Balaban J connectivity index is 0.970. The molecule has 28 nitrogen and oxygen atoms in total. The Labute approximate surface area is 682 Å². The highest BCUT2D eigenvalue weighted by molar-refractivity contribution is 8.21. The number of thioether (sulfide) groups is 4. The van der Waals surface area contributed by atoms with E-state index in [1.807, 2.05) is 70.3 Å². The molecule has 1 aromatic heterocycles. The van der Waals surface area contributed by atoms with Crippen molar-refractivity contribution >= 4 is 147 Å². The predicted octanol–water partition coefficient (Wildman–Crippen LogP) is 9.97. The zero-order chi connectivity index (χ0) is 83.1. The molecule has 4 unspecified atom stereocenters. The van der Waals surface area contributed by atoms with Crippen molar-refractivity contribution in [1.29, 1.82) is 0 Å². The number of nitrogens with zero attached hydrogens (tertiary/aromatic N) is 4. The van der Waals surface area contributed by atoms with Crippen LogP contribution in [0.1, 0.15) is 152 Å². The molecular formula is C80H110N10O18S5. The summed E-state index contributed by atoms with van der Waals surface area (Å²) in [5, 5.41) is 33.1. The first-order valence-corrected chi connectivity index (χ1v) is 43.2. The molecule has 15 atom stereocenters. The molecule has 0 saturated carbocycles. The molecule has 4 heterocycles. The van der Waals surface area contributed by atoms with Crippen LogP contribution in [0.2, 0.25) is 0 Å². The van der Waals surface area contributed by atoms with Crippen LogP contribution in [0.3, 0.4) is 0 Å². The maximum Gasteiger partial charge on any atom is 0.410 e. The predicted molar refractivity (Wildman–Crippen MR) is 439 cm³/mol. The molecule has 3 aliphatic heterocycles. The van der Waals surface area contributed by atoms with Gasteiger partial charge in [-0.3, -0.25) is 52.7 Å². The minimum absolute atomic E-state index is 0.0545. The number of likely N-dealkylation sites (tertiary alicyclic amines) is 1. The number of primary amides is 1. The van der Waals surface area contributed by atoms with Crippen molar-refractivity contribution in [2.75, 3.05) is 62.2 Å². The second-order valence-electron chi connectivity index (χ2n) is 30.1. The van der Waals surface area contributed by atoms with E-state index in [2.05, 4.69) is 31.6 Å². The van der Waals surface area contributed by atoms with Gasteiger partial charge in [0.1, 0.15) is 27.4 Å². The highest BCUT2D eigenvalue weighted by atomic mass is 32.2. The zero-order valence-corrected chi connectivity index (χ0v) is 70.5. The number of nitrogens with two attached hydrogens (primary N) is 1. The van der Waals surface area contributed by atoms with Crippen LogP contribution in [0.5, 0.6) is 0 Å². The molecule has 0 radical (unpaired) electrons. The Hall–Kier alpha value is -8.08. The second kappa shape index (κ2) is 44.1. The largest absolute Gasteiger partial charge is 0.480 e. The molecule has 33 heteroatoms. The van der Waals surface area contributed by atoms with E-state index in [1.165, 1.54) is 60.4 Å². The van der Waals surface area contributed by atoms with Gasteiger partial charge < -0.3 is 71.4 Å². The number of ketones is 3. The Kier molecular flexibility index (Phi) is 36.0. The number of urea groups is 1. The lowest BCUT2D eigenvalue weighted by Gasteiger charge is -2.41. The Bertz CT molecular complexity index is 3890. The zero-order valence-electron chi connectivity index (χ0n) is 66.4. The lowest BCUT2D eigenvalue weighted by molar-refractivity contribution is -0.149. The number of hydrogen-bond acceptors (Lipinski definition) is 22. The van der Waals surface area contributed by atoms with Gasteiger partial charge in [-0.25, -0.2) is 14.6 Å². The van der Waals surface area contributed by atoms with Crippen molar-refractivity contribution in [1.82, 2.24) is 35.6 Å². The van der Waals surface area contributed by atoms with Gasteiger partial charge in [-0.2, -0.15) is 0 Å². The number of Topliss-reactive ketones (excluding diaryl/α,β-unsaturated/α-hetero) is 3. The van der Waals surface area contributed by atoms with Gasteiger partial charge in [0.2, 0.25) is 29.5 Å².